The fourth-order valence-corrected chi connectivity index (χ4v) is 1.00. The van der Waals surface area contributed by atoms with E-state index in [0.29, 0.717) is 11.7 Å². The fourth-order valence-electron chi connectivity index (χ4n) is 1.00. The van der Waals surface area contributed by atoms with Crippen LogP contribution >= 0.6 is 0 Å². The molecular formula is C8H16O. The molecule has 0 radical (unpaired) electrons. The van der Waals surface area contributed by atoms with Crippen molar-refractivity contribution in [2.45, 2.75) is 40.0 Å². The predicted octanol–water partition coefficient (Wildman–Crippen LogP) is 2.40. The molecule has 1 saturated carbocycles. The third kappa shape index (κ3) is 3.28. The summed E-state index contributed by atoms with van der Waals surface area (Å²) < 4.78 is 0. The van der Waals surface area contributed by atoms with E-state index in [2.05, 4.69) is 6.92 Å². The van der Waals surface area contributed by atoms with Crippen molar-refractivity contribution in [3.8, 4) is 0 Å². The summed E-state index contributed by atoms with van der Waals surface area (Å²) in [6.45, 7) is 6.13. The van der Waals surface area contributed by atoms with Gasteiger partial charge in [0, 0.05) is 12.8 Å². The average Bonchev–Trinajstić information content (AvgIpc) is 2.20. The van der Waals surface area contributed by atoms with Crippen molar-refractivity contribution in [2.75, 3.05) is 0 Å². The molecule has 0 amide bonds. The first-order chi connectivity index (χ1) is 4.29. The zero-order chi connectivity index (χ0) is 7.28. The van der Waals surface area contributed by atoms with Crippen LogP contribution in [0.3, 0.4) is 0 Å². The molecule has 0 aromatic carbocycles. The van der Waals surface area contributed by atoms with Crippen LogP contribution in [-0.2, 0) is 4.79 Å². The molecule has 0 aliphatic heterocycles. The molecule has 54 valence electrons. The van der Waals surface area contributed by atoms with Crippen molar-refractivity contribution in [2.24, 2.45) is 5.92 Å². The van der Waals surface area contributed by atoms with Gasteiger partial charge in [0.15, 0.2) is 0 Å². The number of rotatable bonds is 0. The maximum atomic E-state index is 10.5. The van der Waals surface area contributed by atoms with Crippen LogP contribution in [0.15, 0.2) is 0 Å². The Balaban J connectivity index is 0.000000291. The lowest BCUT2D eigenvalue weighted by Crippen LogP contribution is -1.86. The highest BCUT2D eigenvalue weighted by atomic mass is 16.1. The third-order valence-corrected chi connectivity index (χ3v) is 1.49. The monoisotopic (exact) mass is 128 g/mol. The predicted molar refractivity (Wildman–Crippen MR) is 39.4 cm³/mol. The molecule has 0 saturated heterocycles. The van der Waals surface area contributed by atoms with Gasteiger partial charge in [-0.3, -0.25) is 4.79 Å². The molecule has 1 aliphatic carbocycles. The van der Waals surface area contributed by atoms with E-state index in [0.717, 1.165) is 19.3 Å². The second kappa shape index (κ2) is 4.54. The molecule has 1 aliphatic rings. The number of hydrogen-bond acceptors (Lipinski definition) is 1. The zero-order valence-electron chi connectivity index (χ0n) is 6.61. The Bertz CT molecular complexity index is 86.6. The normalized spacial score (nSPS) is 25.2. The van der Waals surface area contributed by atoms with Crippen LogP contribution in [0.2, 0.25) is 0 Å². The summed E-state index contributed by atoms with van der Waals surface area (Å²) in [7, 11) is 0. The first-order valence-corrected chi connectivity index (χ1v) is 3.81. The van der Waals surface area contributed by atoms with Crippen LogP contribution < -0.4 is 0 Å². The van der Waals surface area contributed by atoms with Gasteiger partial charge in [0.2, 0.25) is 0 Å². The van der Waals surface area contributed by atoms with Gasteiger partial charge in [-0.1, -0.05) is 20.8 Å². The number of ketones is 1. The SMILES string of the molecule is CC.CC1CCC(=O)C1. The van der Waals surface area contributed by atoms with Gasteiger partial charge in [0.05, 0.1) is 0 Å². The van der Waals surface area contributed by atoms with Crippen molar-refractivity contribution < 1.29 is 4.79 Å². The summed E-state index contributed by atoms with van der Waals surface area (Å²) >= 11 is 0. The Morgan fingerprint density at radius 2 is 2.00 bits per heavy atom. The van der Waals surface area contributed by atoms with E-state index in [4.69, 9.17) is 0 Å². The minimum absolute atomic E-state index is 0.451. The fraction of sp³-hybridized carbons (Fsp3) is 0.875. The van der Waals surface area contributed by atoms with E-state index in [9.17, 15) is 4.79 Å². The second-order valence-corrected chi connectivity index (χ2v) is 2.39. The van der Waals surface area contributed by atoms with E-state index in [1.165, 1.54) is 0 Å². The van der Waals surface area contributed by atoms with E-state index in [1.54, 1.807) is 0 Å². The Kier molecular flexibility index (Phi) is 4.37. The number of hydrogen-bond donors (Lipinski definition) is 0. The Morgan fingerprint density at radius 3 is 2.11 bits per heavy atom. The van der Waals surface area contributed by atoms with Crippen LogP contribution in [-0.4, -0.2) is 5.78 Å². The average molecular weight is 128 g/mol. The highest BCUT2D eigenvalue weighted by Crippen LogP contribution is 2.19. The molecule has 9 heavy (non-hydrogen) atoms. The largest absolute Gasteiger partial charge is 0.300 e. The summed E-state index contributed by atoms with van der Waals surface area (Å²) in [5, 5.41) is 0. The van der Waals surface area contributed by atoms with E-state index in [1.807, 2.05) is 13.8 Å². The van der Waals surface area contributed by atoms with Gasteiger partial charge in [0.25, 0.3) is 0 Å². The molecule has 0 N–H and O–H groups in total. The van der Waals surface area contributed by atoms with Crippen LogP contribution in [0.1, 0.15) is 40.0 Å². The third-order valence-electron chi connectivity index (χ3n) is 1.49. The standard InChI is InChI=1S/C6H10O.C2H6/c1-5-2-3-6(7)4-5;1-2/h5H,2-4H2,1H3;1-2H3. The lowest BCUT2D eigenvalue weighted by Gasteiger charge is -1.90. The minimum Gasteiger partial charge on any atom is -0.300 e. The smallest absolute Gasteiger partial charge is 0.133 e. The highest BCUT2D eigenvalue weighted by Gasteiger charge is 2.16. The molecular weight excluding hydrogens is 112 g/mol. The summed E-state index contributed by atoms with van der Waals surface area (Å²) in [6, 6.07) is 0. The van der Waals surface area contributed by atoms with Crippen LogP contribution in [0.25, 0.3) is 0 Å². The molecule has 1 fully saturated rings. The number of carbonyl (C=O) groups is 1. The summed E-state index contributed by atoms with van der Waals surface area (Å²) in [4.78, 5) is 10.5. The Hall–Kier alpha value is -0.330. The van der Waals surface area contributed by atoms with Gasteiger partial charge in [0.1, 0.15) is 5.78 Å². The van der Waals surface area contributed by atoms with Crippen molar-refractivity contribution in [1.82, 2.24) is 0 Å². The van der Waals surface area contributed by atoms with E-state index >= 15 is 0 Å². The first kappa shape index (κ1) is 8.67. The summed E-state index contributed by atoms with van der Waals surface area (Å²) in [6.07, 6.45) is 2.79. The van der Waals surface area contributed by atoms with Crippen molar-refractivity contribution in [1.29, 1.82) is 0 Å². The molecule has 1 nitrogen and oxygen atoms in total. The van der Waals surface area contributed by atoms with Gasteiger partial charge >= 0.3 is 0 Å². The molecule has 0 aromatic rings. The number of Topliss-reactive ketones (excluding diaryl/α,β-unsaturated/α-hetero) is 1. The van der Waals surface area contributed by atoms with Crippen molar-refractivity contribution in [3.05, 3.63) is 0 Å². The minimum atomic E-state index is 0.451. The van der Waals surface area contributed by atoms with Gasteiger partial charge in [-0.15, -0.1) is 0 Å². The molecule has 1 unspecified atom stereocenters. The van der Waals surface area contributed by atoms with E-state index < -0.39 is 0 Å². The lowest BCUT2D eigenvalue weighted by atomic mass is 10.1. The molecule has 1 heteroatoms. The van der Waals surface area contributed by atoms with Gasteiger partial charge in [-0.2, -0.15) is 0 Å². The number of carbonyl (C=O) groups excluding carboxylic acids is 1. The molecule has 0 spiro atoms. The molecule has 1 atom stereocenters. The van der Waals surface area contributed by atoms with Crippen LogP contribution in [0.5, 0.6) is 0 Å². The molecule has 0 aromatic heterocycles. The Morgan fingerprint density at radius 1 is 1.44 bits per heavy atom. The van der Waals surface area contributed by atoms with Crippen molar-refractivity contribution in [3.63, 3.8) is 0 Å². The quantitative estimate of drug-likeness (QED) is 0.489. The summed E-state index contributed by atoms with van der Waals surface area (Å²) in [5.41, 5.74) is 0. The topological polar surface area (TPSA) is 17.1 Å². The van der Waals surface area contributed by atoms with Gasteiger partial charge in [-0.05, 0) is 12.3 Å². The maximum absolute atomic E-state index is 10.5. The molecule has 0 bridgehead atoms. The zero-order valence-corrected chi connectivity index (χ0v) is 6.61. The van der Waals surface area contributed by atoms with E-state index in [-0.39, 0.29) is 0 Å². The first-order valence-electron chi connectivity index (χ1n) is 3.81. The van der Waals surface area contributed by atoms with Crippen LogP contribution in [0.4, 0.5) is 0 Å². The maximum Gasteiger partial charge on any atom is 0.133 e. The lowest BCUT2D eigenvalue weighted by molar-refractivity contribution is -0.117. The summed E-state index contributed by atoms with van der Waals surface area (Å²) in [5.74, 6) is 1.12. The Labute approximate surface area is 57.5 Å². The van der Waals surface area contributed by atoms with Crippen molar-refractivity contribution >= 4 is 5.78 Å². The van der Waals surface area contributed by atoms with Gasteiger partial charge in [-0.25, -0.2) is 0 Å². The molecule has 1 rings (SSSR count). The van der Waals surface area contributed by atoms with Crippen LogP contribution in [0, 0.1) is 5.92 Å². The highest BCUT2D eigenvalue weighted by molar-refractivity contribution is 5.80. The second-order valence-electron chi connectivity index (χ2n) is 2.39. The molecule has 0 heterocycles. The van der Waals surface area contributed by atoms with Gasteiger partial charge < -0.3 is 0 Å².